The summed E-state index contributed by atoms with van der Waals surface area (Å²) in [6.45, 7) is 0.311. The van der Waals surface area contributed by atoms with E-state index in [9.17, 15) is 9.90 Å². The lowest BCUT2D eigenvalue weighted by atomic mass is 10.0. The minimum Gasteiger partial charge on any atom is -0.391 e. The molecule has 1 aliphatic rings. The van der Waals surface area contributed by atoms with Crippen LogP contribution in [0.15, 0.2) is 18.5 Å². The van der Waals surface area contributed by atoms with E-state index in [2.05, 4.69) is 15.5 Å². The molecule has 1 aromatic heterocycles. The van der Waals surface area contributed by atoms with Crippen molar-refractivity contribution in [1.29, 1.82) is 0 Å². The Morgan fingerprint density at radius 1 is 1.47 bits per heavy atom. The number of amides is 1. The van der Waals surface area contributed by atoms with Crippen LogP contribution in [-0.2, 0) is 0 Å². The molecule has 0 spiro atoms. The van der Waals surface area contributed by atoms with Crippen molar-refractivity contribution >= 4 is 5.91 Å². The van der Waals surface area contributed by atoms with Crippen LogP contribution in [0.1, 0.15) is 36.0 Å². The van der Waals surface area contributed by atoms with Crippen LogP contribution in [0.3, 0.4) is 0 Å². The van der Waals surface area contributed by atoms with Gasteiger partial charge in [0.1, 0.15) is 0 Å². The van der Waals surface area contributed by atoms with Crippen LogP contribution in [0.25, 0.3) is 0 Å². The van der Waals surface area contributed by atoms with E-state index < -0.39 is 6.10 Å². The molecule has 1 atom stereocenters. The zero-order valence-electron chi connectivity index (χ0n) is 9.67. The number of carbonyl (C=O) groups excluding carboxylic acids is 1. The van der Waals surface area contributed by atoms with Gasteiger partial charge >= 0.3 is 0 Å². The highest BCUT2D eigenvalue weighted by atomic mass is 16.3. The molecule has 2 rings (SSSR count). The van der Waals surface area contributed by atoms with Gasteiger partial charge in [0.25, 0.3) is 5.91 Å². The van der Waals surface area contributed by atoms with Gasteiger partial charge < -0.3 is 10.4 Å². The predicted molar refractivity (Wildman–Crippen MR) is 62.3 cm³/mol. The van der Waals surface area contributed by atoms with Crippen molar-refractivity contribution in [3.63, 3.8) is 0 Å². The molecular weight excluding hydrogens is 218 g/mol. The van der Waals surface area contributed by atoms with Gasteiger partial charge in [0, 0.05) is 6.54 Å². The fourth-order valence-corrected chi connectivity index (χ4v) is 2.23. The number of hydrogen-bond donors (Lipinski definition) is 2. The minimum absolute atomic E-state index is 0.211. The molecule has 92 valence electrons. The Morgan fingerprint density at radius 3 is 2.88 bits per heavy atom. The third-order valence-electron chi connectivity index (χ3n) is 3.26. The Kier molecular flexibility index (Phi) is 4.03. The van der Waals surface area contributed by atoms with Crippen molar-refractivity contribution in [3.05, 3.63) is 24.0 Å². The summed E-state index contributed by atoms with van der Waals surface area (Å²) in [5.41, 5.74) is 0.471. The van der Waals surface area contributed by atoms with E-state index in [1.807, 2.05) is 0 Å². The lowest BCUT2D eigenvalue weighted by Gasteiger charge is -2.17. The van der Waals surface area contributed by atoms with Gasteiger partial charge in [0.05, 0.1) is 24.1 Å². The Labute approximate surface area is 100 Å². The van der Waals surface area contributed by atoms with Crippen LogP contribution in [-0.4, -0.2) is 33.9 Å². The molecule has 1 unspecified atom stereocenters. The normalized spacial score (nSPS) is 17.9. The number of carbonyl (C=O) groups is 1. The summed E-state index contributed by atoms with van der Waals surface area (Å²) < 4.78 is 0. The maximum Gasteiger partial charge on any atom is 0.253 e. The molecule has 1 heterocycles. The van der Waals surface area contributed by atoms with Crippen molar-refractivity contribution in [2.24, 2.45) is 5.92 Å². The zero-order chi connectivity index (χ0) is 12.1. The van der Waals surface area contributed by atoms with Crippen LogP contribution < -0.4 is 5.32 Å². The van der Waals surface area contributed by atoms with Gasteiger partial charge in [-0.2, -0.15) is 10.2 Å². The summed E-state index contributed by atoms with van der Waals surface area (Å²) in [6.07, 6.45) is 6.95. The zero-order valence-corrected chi connectivity index (χ0v) is 9.67. The van der Waals surface area contributed by atoms with E-state index in [1.165, 1.54) is 25.2 Å². The number of aliphatic hydroxyl groups is 1. The number of nitrogens with one attached hydrogen (secondary N) is 1. The second-order valence-electron chi connectivity index (χ2n) is 4.45. The number of nitrogens with zero attached hydrogens (tertiary/aromatic N) is 2. The molecule has 17 heavy (non-hydrogen) atoms. The van der Waals surface area contributed by atoms with E-state index in [-0.39, 0.29) is 5.91 Å². The highest BCUT2D eigenvalue weighted by molar-refractivity contribution is 5.93. The Hall–Kier alpha value is -1.49. The van der Waals surface area contributed by atoms with Crippen molar-refractivity contribution in [2.45, 2.75) is 31.8 Å². The van der Waals surface area contributed by atoms with Crippen LogP contribution in [0.5, 0.6) is 0 Å². The number of hydrogen-bond acceptors (Lipinski definition) is 4. The molecule has 0 aromatic carbocycles. The summed E-state index contributed by atoms with van der Waals surface area (Å²) in [5.74, 6) is 0.128. The molecule has 0 bridgehead atoms. The molecule has 0 aliphatic heterocycles. The second kappa shape index (κ2) is 5.72. The highest BCUT2D eigenvalue weighted by Crippen LogP contribution is 2.27. The summed E-state index contributed by atoms with van der Waals surface area (Å²) in [7, 11) is 0. The monoisotopic (exact) mass is 235 g/mol. The van der Waals surface area contributed by atoms with Crippen LogP contribution in [0.2, 0.25) is 0 Å². The first-order chi connectivity index (χ1) is 8.27. The number of aliphatic hydroxyl groups excluding tert-OH is 1. The maximum absolute atomic E-state index is 11.7. The molecule has 5 heteroatoms. The fraction of sp³-hybridized carbons (Fsp3) is 0.583. The first-order valence-corrected chi connectivity index (χ1v) is 6.00. The lowest BCUT2D eigenvalue weighted by molar-refractivity contribution is 0.0840. The molecule has 1 saturated carbocycles. The molecule has 0 saturated heterocycles. The third-order valence-corrected chi connectivity index (χ3v) is 3.26. The van der Waals surface area contributed by atoms with Crippen LogP contribution >= 0.6 is 0 Å². The quantitative estimate of drug-likeness (QED) is 0.807. The third kappa shape index (κ3) is 3.23. The molecule has 5 nitrogen and oxygen atoms in total. The van der Waals surface area contributed by atoms with Gasteiger partial charge in [-0.25, -0.2) is 0 Å². The van der Waals surface area contributed by atoms with E-state index >= 15 is 0 Å². The number of aromatic nitrogens is 2. The van der Waals surface area contributed by atoms with E-state index in [4.69, 9.17) is 0 Å². The maximum atomic E-state index is 11.7. The Bertz CT molecular complexity index is 363. The average molecular weight is 235 g/mol. The van der Waals surface area contributed by atoms with E-state index in [0.29, 0.717) is 18.0 Å². The van der Waals surface area contributed by atoms with E-state index in [0.717, 1.165) is 12.8 Å². The summed E-state index contributed by atoms with van der Waals surface area (Å²) in [4.78, 5) is 11.7. The first-order valence-electron chi connectivity index (χ1n) is 6.00. The van der Waals surface area contributed by atoms with Gasteiger partial charge in [0.2, 0.25) is 0 Å². The summed E-state index contributed by atoms with van der Waals surface area (Å²) >= 11 is 0. The second-order valence-corrected chi connectivity index (χ2v) is 4.45. The van der Waals surface area contributed by atoms with Crippen molar-refractivity contribution < 1.29 is 9.90 Å². The molecular formula is C12H17N3O2. The standard InChI is InChI=1S/C12H17N3O2/c16-11(9-3-1-2-4-9)8-13-12(17)10-5-6-14-15-7-10/h5-7,9,11,16H,1-4,8H2,(H,13,17). The SMILES string of the molecule is O=C(NCC(O)C1CCCC1)c1ccnnc1. The van der Waals surface area contributed by atoms with Crippen LogP contribution in [0.4, 0.5) is 0 Å². The van der Waals surface area contributed by atoms with Gasteiger partial charge in [0.15, 0.2) is 0 Å². The predicted octanol–water partition coefficient (Wildman–Crippen LogP) is 0.757. The minimum atomic E-state index is -0.434. The highest BCUT2D eigenvalue weighted by Gasteiger charge is 2.23. The Balaban J connectivity index is 1.80. The Morgan fingerprint density at radius 2 is 2.24 bits per heavy atom. The van der Waals surface area contributed by atoms with Gasteiger partial charge in [-0.15, -0.1) is 0 Å². The lowest BCUT2D eigenvalue weighted by Crippen LogP contribution is -2.35. The summed E-state index contributed by atoms with van der Waals surface area (Å²) in [5, 5.41) is 19.9. The van der Waals surface area contributed by atoms with Gasteiger partial charge in [-0.1, -0.05) is 12.8 Å². The molecule has 1 amide bonds. The topological polar surface area (TPSA) is 75.1 Å². The van der Waals surface area contributed by atoms with Gasteiger partial charge in [-0.05, 0) is 24.8 Å². The van der Waals surface area contributed by atoms with E-state index in [1.54, 1.807) is 6.07 Å². The first kappa shape index (κ1) is 12.0. The van der Waals surface area contributed by atoms with Crippen molar-refractivity contribution in [2.75, 3.05) is 6.54 Å². The van der Waals surface area contributed by atoms with Crippen molar-refractivity contribution in [3.8, 4) is 0 Å². The van der Waals surface area contributed by atoms with Gasteiger partial charge in [-0.3, -0.25) is 4.79 Å². The molecule has 1 aliphatic carbocycles. The number of rotatable bonds is 4. The molecule has 0 radical (unpaired) electrons. The van der Waals surface area contributed by atoms with Crippen molar-refractivity contribution in [1.82, 2.24) is 15.5 Å². The molecule has 1 fully saturated rings. The molecule has 1 aromatic rings. The smallest absolute Gasteiger partial charge is 0.253 e. The molecule has 2 N–H and O–H groups in total. The largest absolute Gasteiger partial charge is 0.391 e. The van der Waals surface area contributed by atoms with Crippen LogP contribution in [0, 0.1) is 5.92 Å². The summed E-state index contributed by atoms with van der Waals surface area (Å²) in [6, 6.07) is 1.60. The fourth-order valence-electron chi connectivity index (χ4n) is 2.23. The average Bonchev–Trinajstić information content (AvgIpc) is 2.90.